The van der Waals surface area contributed by atoms with E-state index in [0.29, 0.717) is 12.2 Å². The maximum Gasteiger partial charge on any atom is 0.573 e. The van der Waals surface area contributed by atoms with E-state index in [4.69, 9.17) is 0 Å². The Morgan fingerprint density at radius 1 is 1.31 bits per heavy atom. The molecular formula is C11H10F3O2. The molecule has 0 fully saturated rings. The van der Waals surface area contributed by atoms with Crippen LogP contribution in [0.15, 0.2) is 30.3 Å². The first-order chi connectivity index (χ1) is 7.51. The van der Waals surface area contributed by atoms with Crippen LogP contribution in [-0.2, 0) is 4.74 Å². The highest BCUT2D eigenvalue weighted by molar-refractivity contribution is 5.51. The molecule has 1 rings (SSSR count). The summed E-state index contributed by atoms with van der Waals surface area (Å²) in [4.78, 5) is 0. The minimum absolute atomic E-state index is 0.245. The van der Waals surface area contributed by atoms with Crippen molar-refractivity contribution in [3.8, 4) is 5.75 Å². The van der Waals surface area contributed by atoms with Gasteiger partial charge < -0.3 is 9.47 Å². The van der Waals surface area contributed by atoms with Gasteiger partial charge in [0.2, 0.25) is 0 Å². The molecule has 0 N–H and O–H groups in total. The van der Waals surface area contributed by atoms with Gasteiger partial charge in [-0.15, -0.1) is 13.2 Å². The third kappa shape index (κ3) is 4.84. The van der Waals surface area contributed by atoms with Gasteiger partial charge in [0.05, 0.1) is 13.7 Å². The van der Waals surface area contributed by atoms with Gasteiger partial charge in [0, 0.05) is 0 Å². The van der Waals surface area contributed by atoms with Crippen LogP contribution in [0.5, 0.6) is 5.75 Å². The summed E-state index contributed by atoms with van der Waals surface area (Å²) in [7, 11) is 3.16. The first kappa shape index (κ1) is 12.6. The quantitative estimate of drug-likeness (QED) is 0.790. The minimum Gasteiger partial charge on any atom is -0.406 e. The van der Waals surface area contributed by atoms with Crippen molar-refractivity contribution >= 4 is 6.08 Å². The molecule has 0 saturated carbocycles. The van der Waals surface area contributed by atoms with Gasteiger partial charge in [-0.2, -0.15) is 0 Å². The molecule has 0 spiro atoms. The minimum atomic E-state index is -4.67. The van der Waals surface area contributed by atoms with Gasteiger partial charge in [0.25, 0.3) is 0 Å². The molecule has 5 heteroatoms. The average molecular weight is 231 g/mol. The molecule has 0 aliphatic rings. The first-order valence-corrected chi connectivity index (χ1v) is 4.40. The van der Waals surface area contributed by atoms with Crippen LogP contribution < -0.4 is 4.74 Å². The second-order valence-electron chi connectivity index (χ2n) is 2.89. The second kappa shape index (κ2) is 5.55. The Balaban J connectivity index is 2.71. The lowest BCUT2D eigenvalue weighted by Crippen LogP contribution is -2.17. The topological polar surface area (TPSA) is 18.5 Å². The Hall–Kier alpha value is -1.49. The van der Waals surface area contributed by atoms with Crippen LogP contribution in [0.2, 0.25) is 0 Å². The summed E-state index contributed by atoms with van der Waals surface area (Å²) in [5.41, 5.74) is 0.596. The molecule has 0 atom stereocenters. The van der Waals surface area contributed by atoms with Gasteiger partial charge in [-0.05, 0) is 17.7 Å². The average Bonchev–Trinajstić information content (AvgIpc) is 2.16. The zero-order valence-electron chi connectivity index (χ0n) is 8.33. The van der Waals surface area contributed by atoms with Crippen LogP contribution in [0.25, 0.3) is 6.08 Å². The molecule has 1 radical (unpaired) electrons. The molecule has 0 amide bonds. The van der Waals surface area contributed by atoms with Crippen LogP contribution in [0.1, 0.15) is 5.56 Å². The summed E-state index contributed by atoms with van der Waals surface area (Å²) < 4.78 is 44.0. The fourth-order valence-electron chi connectivity index (χ4n) is 1.07. The smallest absolute Gasteiger partial charge is 0.406 e. The van der Waals surface area contributed by atoms with E-state index in [9.17, 15) is 13.2 Å². The molecule has 2 nitrogen and oxygen atoms in total. The normalized spacial score (nSPS) is 12.0. The van der Waals surface area contributed by atoms with E-state index in [1.807, 2.05) is 0 Å². The maximum atomic E-state index is 11.9. The Labute approximate surface area is 91.3 Å². The van der Waals surface area contributed by atoms with Gasteiger partial charge in [0.1, 0.15) is 5.75 Å². The molecule has 0 saturated heterocycles. The number of halogens is 3. The highest BCUT2D eigenvalue weighted by atomic mass is 19.4. The van der Waals surface area contributed by atoms with Crippen molar-refractivity contribution in [1.82, 2.24) is 0 Å². The van der Waals surface area contributed by atoms with Crippen molar-refractivity contribution in [2.45, 2.75) is 6.36 Å². The highest BCUT2D eigenvalue weighted by Crippen LogP contribution is 2.23. The molecule has 1 aromatic rings. The monoisotopic (exact) mass is 231 g/mol. The van der Waals surface area contributed by atoms with Crippen molar-refractivity contribution in [3.63, 3.8) is 0 Å². The summed E-state index contributed by atoms with van der Waals surface area (Å²) in [5, 5.41) is 0. The second-order valence-corrected chi connectivity index (χ2v) is 2.89. The van der Waals surface area contributed by atoms with E-state index in [2.05, 4.69) is 16.6 Å². The summed E-state index contributed by atoms with van der Waals surface area (Å²) >= 11 is 0. The summed E-state index contributed by atoms with van der Waals surface area (Å²) in [6.45, 7) is 0.296. The van der Waals surface area contributed by atoms with Gasteiger partial charge in [0.15, 0.2) is 0 Å². The van der Waals surface area contributed by atoms with Crippen LogP contribution in [0, 0.1) is 7.11 Å². The SMILES string of the molecule is [CH2]OCC=Cc1cccc(OC(F)(F)F)c1. The predicted octanol–water partition coefficient (Wildman–Crippen LogP) is 3.41. The lowest BCUT2D eigenvalue weighted by Gasteiger charge is -2.08. The summed E-state index contributed by atoms with van der Waals surface area (Å²) in [5.74, 6) is -0.245. The van der Waals surface area contributed by atoms with Crippen LogP contribution in [0.4, 0.5) is 13.2 Å². The van der Waals surface area contributed by atoms with Crippen molar-refractivity contribution in [2.75, 3.05) is 6.61 Å². The van der Waals surface area contributed by atoms with E-state index < -0.39 is 6.36 Å². The Kier molecular flexibility index (Phi) is 4.37. The standard InChI is InChI=1S/C11H10F3O2/c1-15-7-3-5-9-4-2-6-10(8-9)16-11(12,13)14/h2-6,8H,1,7H2. The zero-order valence-corrected chi connectivity index (χ0v) is 8.33. The van der Waals surface area contributed by atoms with Crippen molar-refractivity contribution < 1.29 is 22.6 Å². The molecule has 0 unspecified atom stereocenters. The lowest BCUT2D eigenvalue weighted by molar-refractivity contribution is -0.274. The van der Waals surface area contributed by atoms with E-state index in [1.54, 1.807) is 18.2 Å². The third-order valence-electron chi connectivity index (χ3n) is 1.62. The largest absolute Gasteiger partial charge is 0.573 e. The molecule has 0 aromatic heterocycles. The highest BCUT2D eigenvalue weighted by Gasteiger charge is 2.30. The molecule has 0 bridgehead atoms. The van der Waals surface area contributed by atoms with E-state index in [1.165, 1.54) is 18.2 Å². The van der Waals surface area contributed by atoms with E-state index >= 15 is 0 Å². The summed E-state index contributed by atoms with van der Waals surface area (Å²) in [6.07, 6.45) is -1.41. The third-order valence-corrected chi connectivity index (χ3v) is 1.62. The number of hydrogen-bond acceptors (Lipinski definition) is 2. The molecule has 87 valence electrons. The van der Waals surface area contributed by atoms with Crippen molar-refractivity contribution in [3.05, 3.63) is 43.0 Å². The lowest BCUT2D eigenvalue weighted by atomic mass is 10.2. The number of hydrogen-bond donors (Lipinski definition) is 0. The Bertz CT molecular complexity index is 358. The molecular weight excluding hydrogens is 221 g/mol. The van der Waals surface area contributed by atoms with E-state index in [-0.39, 0.29) is 5.75 Å². The van der Waals surface area contributed by atoms with Crippen molar-refractivity contribution in [1.29, 1.82) is 0 Å². The maximum absolute atomic E-state index is 11.9. The Morgan fingerprint density at radius 2 is 2.06 bits per heavy atom. The van der Waals surface area contributed by atoms with Gasteiger partial charge in [-0.3, -0.25) is 0 Å². The fraction of sp³-hybridized carbons (Fsp3) is 0.182. The van der Waals surface area contributed by atoms with Gasteiger partial charge >= 0.3 is 6.36 Å². The van der Waals surface area contributed by atoms with Gasteiger partial charge in [-0.25, -0.2) is 0 Å². The van der Waals surface area contributed by atoms with Crippen LogP contribution in [-0.4, -0.2) is 13.0 Å². The zero-order chi connectivity index (χ0) is 12.0. The molecule has 0 heterocycles. The van der Waals surface area contributed by atoms with Crippen LogP contribution >= 0.6 is 0 Å². The number of alkyl halides is 3. The molecule has 16 heavy (non-hydrogen) atoms. The number of rotatable bonds is 4. The Morgan fingerprint density at radius 3 is 2.69 bits per heavy atom. The first-order valence-electron chi connectivity index (χ1n) is 4.40. The van der Waals surface area contributed by atoms with Crippen LogP contribution in [0.3, 0.4) is 0 Å². The number of ether oxygens (including phenoxy) is 2. The molecule has 0 aliphatic heterocycles. The summed E-state index contributed by atoms with van der Waals surface area (Å²) in [6, 6.07) is 5.66. The van der Waals surface area contributed by atoms with Gasteiger partial charge in [-0.1, -0.05) is 24.3 Å². The number of benzene rings is 1. The predicted molar refractivity (Wildman–Crippen MR) is 53.5 cm³/mol. The van der Waals surface area contributed by atoms with Crippen molar-refractivity contribution in [2.24, 2.45) is 0 Å². The fourth-order valence-corrected chi connectivity index (χ4v) is 1.07. The van der Waals surface area contributed by atoms with E-state index in [0.717, 1.165) is 0 Å². The molecule has 1 aromatic carbocycles. The molecule has 0 aliphatic carbocycles.